The highest BCUT2D eigenvalue weighted by molar-refractivity contribution is 6.22. The maximum atomic E-state index is 7.10. The summed E-state index contributed by atoms with van der Waals surface area (Å²) in [5.41, 5.74) is 12.0. The van der Waals surface area contributed by atoms with Crippen molar-refractivity contribution in [3.8, 4) is 62.1 Å². The molecule has 56 heavy (non-hydrogen) atoms. The normalized spacial score (nSPS) is 11.6. The van der Waals surface area contributed by atoms with Crippen molar-refractivity contribution in [2.24, 2.45) is 0 Å². The lowest BCUT2D eigenvalue weighted by Gasteiger charge is -2.10. The Morgan fingerprint density at radius 3 is 1.61 bits per heavy atom. The third-order valence-corrected chi connectivity index (χ3v) is 10.6. The lowest BCUT2D eigenvalue weighted by molar-refractivity contribution is 0.671. The first-order valence-electron chi connectivity index (χ1n) is 18.8. The van der Waals surface area contributed by atoms with Crippen molar-refractivity contribution in [3.63, 3.8) is 0 Å². The minimum absolute atomic E-state index is 0.552. The maximum Gasteiger partial charge on any atom is 0.167 e. The van der Waals surface area contributed by atoms with Crippen molar-refractivity contribution in [1.29, 1.82) is 0 Å². The molecule has 5 heteroatoms. The monoisotopic (exact) mass is 716 g/mol. The summed E-state index contributed by atoms with van der Waals surface area (Å²) in [5.74, 6) is 1.75. The van der Waals surface area contributed by atoms with Gasteiger partial charge in [-0.3, -0.25) is 0 Å². The molecule has 0 atom stereocenters. The van der Waals surface area contributed by atoms with Gasteiger partial charge in [-0.2, -0.15) is 0 Å². The number of benzene rings is 8. The quantitative estimate of drug-likeness (QED) is 0.172. The van der Waals surface area contributed by atoms with E-state index in [2.05, 4.69) is 162 Å². The summed E-state index contributed by atoms with van der Waals surface area (Å²) in [6.45, 7) is 0. The summed E-state index contributed by atoms with van der Waals surface area (Å²) in [4.78, 5) is 15.3. The first-order valence-corrected chi connectivity index (χ1v) is 18.8. The van der Waals surface area contributed by atoms with E-state index in [-0.39, 0.29) is 0 Å². The van der Waals surface area contributed by atoms with Crippen molar-refractivity contribution < 1.29 is 4.42 Å². The zero-order valence-electron chi connectivity index (χ0n) is 30.2. The van der Waals surface area contributed by atoms with Crippen LogP contribution in [0.15, 0.2) is 199 Å². The maximum absolute atomic E-state index is 7.10. The number of hydrogen-bond donors (Lipinski definition) is 0. The van der Waals surface area contributed by atoms with Crippen LogP contribution >= 0.6 is 0 Å². The van der Waals surface area contributed by atoms with E-state index in [1.54, 1.807) is 0 Å². The number of furan rings is 1. The van der Waals surface area contributed by atoms with Crippen LogP contribution in [0.25, 0.3) is 106 Å². The Morgan fingerprint density at radius 1 is 0.339 bits per heavy atom. The zero-order chi connectivity index (χ0) is 37.0. The molecule has 0 saturated carbocycles. The number of rotatable bonds is 6. The van der Waals surface area contributed by atoms with Gasteiger partial charge in [0.15, 0.2) is 23.1 Å². The van der Waals surface area contributed by atoms with Crippen molar-refractivity contribution in [2.75, 3.05) is 0 Å². The predicted octanol–water partition coefficient (Wildman–Crippen LogP) is 13.2. The number of hydrogen-bond acceptors (Lipinski definition) is 4. The van der Waals surface area contributed by atoms with E-state index in [4.69, 9.17) is 19.4 Å². The van der Waals surface area contributed by atoms with E-state index < -0.39 is 0 Å². The summed E-state index contributed by atoms with van der Waals surface area (Å²) in [6, 6.07) is 67.4. The van der Waals surface area contributed by atoms with E-state index in [9.17, 15) is 0 Å². The largest absolute Gasteiger partial charge is 0.453 e. The molecular formula is C51H32N4O. The van der Waals surface area contributed by atoms with Crippen molar-refractivity contribution in [1.82, 2.24) is 19.5 Å². The van der Waals surface area contributed by atoms with Crippen LogP contribution in [0.2, 0.25) is 0 Å². The molecule has 0 N–H and O–H groups in total. The second kappa shape index (κ2) is 13.0. The van der Waals surface area contributed by atoms with Crippen LogP contribution in [0.5, 0.6) is 0 Å². The third-order valence-electron chi connectivity index (χ3n) is 10.6. The predicted molar refractivity (Wildman–Crippen MR) is 229 cm³/mol. The number of fused-ring (bicyclic) bond motifs is 7. The molecule has 0 unspecified atom stereocenters. The van der Waals surface area contributed by atoms with Crippen LogP contribution in [0, 0.1) is 0 Å². The van der Waals surface area contributed by atoms with Gasteiger partial charge in [0.1, 0.15) is 5.58 Å². The first kappa shape index (κ1) is 31.9. The molecule has 0 spiro atoms. The molecule has 0 saturated heterocycles. The Hall–Kier alpha value is -7.63. The smallest absolute Gasteiger partial charge is 0.167 e. The molecule has 8 aromatic carbocycles. The van der Waals surface area contributed by atoms with Gasteiger partial charge in [0.05, 0.1) is 16.6 Å². The molecule has 0 radical (unpaired) electrons. The van der Waals surface area contributed by atoms with Gasteiger partial charge < -0.3 is 8.98 Å². The van der Waals surface area contributed by atoms with Gasteiger partial charge in [0, 0.05) is 38.4 Å². The molecule has 0 amide bonds. The van der Waals surface area contributed by atoms with Gasteiger partial charge in [0.25, 0.3) is 0 Å². The molecule has 0 aliphatic rings. The van der Waals surface area contributed by atoms with Crippen molar-refractivity contribution in [3.05, 3.63) is 194 Å². The Morgan fingerprint density at radius 2 is 0.857 bits per heavy atom. The standard InChI is InChI=1S/C51H32N4O/c1-4-15-33(16-5-1)36-21-12-23-38(31-36)50-52-49(35-19-8-3-9-20-35)53-51(54-50)44-27-14-26-42-43-30-29-41-40-25-10-11-28-45(40)55(46(41)48(43)56-47(42)44)39-24-13-22-37(32-39)34-17-6-2-7-18-34/h1-32H. The van der Waals surface area contributed by atoms with Crippen LogP contribution in [-0.4, -0.2) is 19.5 Å². The summed E-state index contributed by atoms with van der Waals surface area (Å²) < 4.78 is 9.45. The number of para-hydroxylation sites is 2. The zero-order valence-corrected chi connectivity index (χ0v) is 30.2. The molecule has 3 aromatic heterocycles. The minimum Gasteiger partial charge on any atom is -0.453 e. The summed E-state index contributed by atoms with van der Waals surface area (Å²) >= 11 is 0. The molecule has 262 valence electrons. The number of nitrogens with zero attached hydrogens (tertiary/aromatic N) is 4. The van der Waals surface area contributed by atoms with Gasteiger partial charge in [-0.1, -0.05) is 158 Å². The Labute approximate surface area is 322 Å². The van der Waals surface area contributed by atoms with Crippen LogP contribution in [-0.2, 0) is 0 Å². The highest BCUT2D eigenvalue weighted by atomic mass is 16.3. The minimum atomic E-state index is 0.552. The van der Waals surface area contributed by atoms with Crippen LogP contribution in [0.3, 0.4) is 0 Å². The van der Waals surface area contributed by atoms with Crippen molar-refractivity contribution >= 4 is 43.7 Å². The first-order chi connectivity index (χ1) is 27.8. The van der Waals surface area contributed by atoms with Crippen LogP contribution < -0.4 is 0 Å². The summed E-state index contributed by atoms with van der Waals surface area (Å²) in [6.07, 6.45) is 0. The third kappa shape index (κ3) is 5.29. The van der Waals surface area contributed by atoms with Gasteiger partial charge >= 0.3 is 0 Å². The fourth-order valence-electron chi connectivity index (χ4n) is 8.01. The Kier molecular flexibility index (Phi) is 7.42. The van der Waals surface area contributed by atoms with E-state index in [0.717, 1.165) is 77.4 Å². The van der Waals surface area contributed by atoms with Crippen LogP contribution in [0.4, 0.5) is 0 Å². The molecule has 0 aliphatic heterocycles. The molecule has 0 aliphatic carbocycles. The second-order valence-electron chi connectivity index (χ2n) is 14.0. The SMILES string of the molecule is c1ccc(-c2cccc(-c3nc(-c4ccccc4)nc(-c4cccc5c4oc4c5ccc5c6ccccc6n(-c6cccc(-c7ccccc7)c6)c54)n3)c2)cc1. The van der Waals surface area contributed by atoms with E-state index in [1.807, 2.05) is 36.4 Å². The summed E-state index contributed by atoms with van der Waals surface area (Å²) in [7, 11) is 0. The molecule has 5 nitrogen and oxygen atoms in total. The fraction of sp³-hybridized carbons (Fsp3) is 0. The van der Waals surface area contributed by atoms with Crippen LogP contribution in [0.1, 0.15) is 0 Å². The van der Waals surface area contributed by atoms with Gasteiger partial charge in [0.2, 0.25) is 0 Å². The Balaban J connectivity index is 1.15. The average Bonchev–Trinajstić information content (AvgIpc) is 3.84. The van der Waals surface area contributed by atoms with E-state index in [1.165, 1.54) is 10.9 Å². The molecular weight excluding hydrogens is 685 g/mol. The van der Waals surface area contributed by atoms with Gasteiger partial charge in [-0.25, -0.2) is 15.0 Å². The molecule has 0 bridgehead atoms. The van der Waals surface area contributed by atoms with Gasteiger partial charge in [-0.15, -0.1) is 0 Å². The van der Waals surface area contributed by atoms with Crippen molar-refractivity contribution in [2.45, 2.75) is 0 Å². The molecule has 3 heterocycles. The Bertz CT molecular complexity index is 3240. The van der Waals surface area contributed by atoms with E-state index >= 15 is 0 Å². The number of aromatic nitrogens is 4. The molecule has 11 rings (SSSR count). The van der Waals surface area contributed by atoms with Gasteiger partial charge in [-0.05, 0) is 58.7 Å². The topological polar surface area (TPSA) is 56.7 Å². The average molecular weight is 717 g/mol. The second-order valence-corrected chi connectivity index (χ2v) is 14.0. The molecule has 0 fully saturated rings. The summed E-state index contributed by atoms with van der Waals surface area (Å²) in [5, 5.41) is 4.34. The lowest BCUT2D eigenvalue weighted by atomic mass is 10.0. The fourth-order valence-corrected chi connectivity index (χ4v) is 8.01. The molecule has 11 aromatic rings. The van der Waals surface area contributed by atoms with E-state index in [0.29, 0.717) is 17.5 Å². The highest BCUT2D eigenvalue weighted by Gasteiger charge is 2.22. The lowest BCUT2D eigenvalue weighted by Crippen LogP contribution is -2.00. The highest BCUT2D eigenvalue weighted by Crippen LogP contribution is 2.43.